The van der Waals surface area contributed by atoms with E-state index in [1.807, 2.05) is 13.2 Å². The average Bonchev–Trinajstić information content (AvgIpc) is 3.28. The lowest BCUT2D eigenvalue weighted by Crippen LogP contribution is -2.54. The predicted octanol–water partition coefficient (Wildman–Crippen LogP) is 1.04. The summed E-state index contributed by atoms with van der Waals surface area (Å²) in [7, 11) is 1.81. The summed E-state index contributed by atoms with van der Waals surface area (Å²) in [5.74, 6) is 1.07. The van der Waals surface area contributed by atoms with E-state index in [1.165, 1.54) is 4.88 Å². The quantitative estimate of drug-likeness (QED) is 0.376. The largest absolute Gasteiger partial charge is 0.352 e. The Morgan fingerprint density at radius 3 is 2.64 bits per heavy atom. The van der Waals surface area contributed by atoms with Crippen LogP contribution in [0.4, 0.5) is 0 Å². The second-order valence-corrected chi connectivity index (χ2v) is 7.69. The van der Waals surface area contributed by atoms with Crippen LogP contribution in [0.25, 0.3) is 0 Å². The molecular formula is C16H27IN6OS. The number of aryl methyl sites for hydroxylation is 1. The second-order valence-electron chi connectivity index (χ2n) is 6.37. The van der Waals surface area contributed by atoms with Gasteiger partial charge in [0.25, 0.3) is 0 Å². The zero-order valence-electron chi connectivity index (χ0n) is 14.8. The van der Waals surface area contributed by atoms with Crippen molar-refractivity contribution in [2.45, 2.75) is 32.4 Å². The molecule has 0 unspecified atom stereocenters. The molecule has 0 aromatic carbocycles. The van der Waals surface area contributed by atoms with Gasteiger partial charge in [0.15, 0.2) is 5.96 Å². The van der Waals surface area contributed by atoms with E-state index in [4.69, 9.17) is 0 Å². The summed E-state index contributed by atoms with van der Waals surface area (Å²) in [5.41, 5.74) is 0. The molecule has 9 heteroatoms. The third kappa shape index (κ3) is 6.37. The minimum atomic E-state index is 0. The van der Waals surface area contributed by atoms with Gasteiger partial charge in [-0.15, -0.1) is 35.3 Å². The van der Waals surface area contributed by atoms with Crippen molar-refractivity contribution in [1.82, 2.24) is 25.4 Å². The summed E-state index contributed by atoms with van der Waals surface area (Å²) in [5, 5.41) is 7.51. The van der Waals surface area contributed by atoms with Crippen LogP contribution >= 0.6 is 35.3 Å². The molecule has 1 aliphatic carbocycles. The average molecular weight is 478 g/mol. The van der Waals surface area contributed by atoms with E-state index in [0.29, 0.717) is 19.1 Å². The van der Waals surface area contributed by atoms with E-state index < -0.39 is 0 Å². The van der Waals surface area contributed by atoms with Gasteiger partial charge in [-0.05, 0) is 19.8 Å². The summed E-state index contributed by atoms with van der Waals surface area (Å²) >= 11 is 1.70. The molecule has 0 bridgehead atoms. The molecule has 2 aliphatic rings. The van der Waals surface area contributed by atoms with Gasteiger partial charge in [0.1, 0.15) is 5.01 Å². The first kappa shape index (κ1) is 20.4. The molecule has 0 radical (unpaired) electrons. The number of nitrogens with one attached hydrogen (secondary N) is 2. The standard InChI is InChI=1S/C16H26N6OS.HI/c1-12-9-18-15(24-12)10-19-16(17-2)22-7-5-21(6-8-22)11-14(23)20-13-3-4-13;/h9,13H,3-8,10-11H2,1-2H3,(H,17,19)(H,20,23);1H. The number of hydrogen-bond acceptors (Lipinski definition) is 5. The Labute approximate surface area is 170 Å². The maximum Gasteiger partial charge on any atom is 0.234 e. The van der Waals surface area contributed by atoms with Crippen molar-refractivity contribution in [3.05, 3.63) is 16.1 Å². The molecule has 1 saturated carbocycles. The van der Waals surface area contributed by atoms with E-state index in [2.05, 4.69) is 37.3 Å². The third-order valence-corrected chi connectivity index (χ3v) is 5.17. The van der Waals surface area contributed by atoms with Crippen molar-refractivity contribution >= 4 is 47.2 Å². The van der Waals surface area contributed by atoms with Crippen LogP contribution in [0.5, 0.6) is 0 Å². The highest BCUT2D eigenvalue weighted by atomic mass is 127. The molecular weight excluding hydrogens is 451 g/mol. The van der Waals surface area contributed by atoms with Crippen molar-refractivity contribution in [1.29, 1.82) is 0 Å². The lowest BCUT2D eigenvalue weighted by molar-refractivity contribution is -0.122. The second kappa shape index (κ2) is 9.67. The maximum absolute atomic E-state index is 11.9. The molecule has 7 nitrogen and oxygen atoms in total. The Kier molecular flexibility index (Phi) is 7.88. The van der Waals surface area contributed by atoms with Crippen LogP contribution in [0.2, 0.25) is 0 Å². The molecule has 2 heterocycles. The van der Waals surface area contributed by atoms with E-state index in [1.54, 1.807) is 11.3 Å². The number of aromatic nitrogens is 1. The SMILES string of the molecule is CN=C(NCc1ncc(C)s1)N1CCN(CC(=O)NC2CC2)CC1.I. The summed E-state index contributed by atoms with van der Waals surface area (Å²) in [6, 6.07) is 0.441. The van der Waals surface area contributed by atoms with Crippen LogP contribution < -0.4 is 10.6 Å². The first-order valence-corrected chi connectivity index (χ1v) is 9.34. The Hall–Kier alpha value is -0.940. The van der Waals surface area contributed by atoms with Crippen LogP contribution in [0.1, 0.15) is 22.7 Å². The van der Waals surface area contributed by atoms with Crippen LogP contribution in [-0.2, 0) is 11.3 Å². The maximum atomic E-state index is 11.9. The number of carbonyl (C=O) groups excluding carboxylic acids is 1. The number of rotatable bonds is 5. The van der Waals surface area contributed by atoms with E-state index in [9.17, 15) is 4.79 Å². The topological polar surface area (TPSA) is 72.9 Å². The summed E-state index contributed by atoms with van der Waals surface area (Å²) in [4.78, 5) is 26.3. The highest BCUT2D eigenvalue weighted by molar-refractivity contribution is 14.0. The molecule has 3 rings (SSSR count). The van der Waals surface area contributed by atoms with Crippen LogP contribution in [0.15, 0.2) is 11.2 Å². The monoisotopic (exact) mass is 478 g/mol. The van der Waals surface area contributed by atoms with Crippen LogP contribution in [-0.4, -0.2) is 72.5 Å². The van der Waals surface area contributed by atoms with Crippen molar-refractivity contribution in [3.8, 4) is 0 Å². The summed E-state index contributed by atoms with van der Waals surface area (Å²) < 4.78 is 0. The highest BCUT2D eigenvalue weighted by Gasteiger charge is 2.25. The molecule has 0 spiro atoms. The fraction of sp³-hybridized carbons (Fsp3) is 0.688. The number of nitrogens with zero attached hydrogens (tertiary/aromatic N) is 4. The molecule has 1 aromatic rings. The Balaban J connectivity index is 0.00000225. The normalized spacial score (nSPS) is 18.6. The van der Waals surface area contributed by atoms with Crippen molar-refractivity contribution in [2.75, 3.05) is 39.8 Å². The number of carbonyl (C=O) groups is 1. The van der Waals surface area contributed by atoms with Crippen molar-refractivity contribution in [3.63, 3.8) is 0 Å². The van der Waals surface area contributed by atoms with Crippen molar-refractivity contribution < 1.29 is 4.79 Å². The molecule has 1 aromatic heterocycles. The number of piperazine rings is 1. The first-order valence-electron chi connectivity index (χ1n) is 8.52. The van der Waals surface area contributed by atoms with Gasteiger partial charge in [0, 0.05) is 50.3 Å². The van der Waals surface area contributed by atoms with Gasteiger partial charge in [-0.25, -0.2) is 4.98 Å². The van der Waals surface area contributed by atoms with Crippen LogP contribution in [0.3, 0.4) is 0 Å². The minimum Gasteiger partial charge on any atom is -0.352 e. The number of thiazole rings is 1. The highest BCUT2D eigenvalue weighted by Crippen LogP contribution is 2.18. The van der Waals surface area contributed by atoms with E-state index in [-0.39, 0.29) is 29.9 Å². The molecule has 1 aliphatic heterocycles. The van der Waals surface area contributed by atoms with Gasteiger partial charge in [0.05, 0.1) is 13.1 Å². The molecule has 1 saturated heterocycles. The Morgan fingerprint density at radius 1 is 1.36 bits per heavy atom. The van der Waals surface area contributed by atoms with Crippen LogP contribution in [0, 0.1) is 6.92 Å². The molecule has 140 valence electrons. The summed E-state index contributed by atoms with van der Waals surface area (Å²) in [6.45, 7) is 6.81. The van der Waals surface area contributed by atoms with Gasteiger partial charge in [-0.1, -0.05) is 0 Å². The van der Waals surface area contributed by atoms with Gasteiger partial charge < -0.3 is 15.5 Å². The molecule has 2 fully saturated rings. The zero-order chi connectivity index (χ0) is 16.9. The fourth-order valence-corrected chi connectivity index (χ4v) is 3.52. The fourth-order valence-electron chi connectivity index (χ4n) is 2.79. The van der Waals surface area contributed by atoms with Gasteiger partial charge >= 0.3 is 0 Å². The third-order valence-electron chi connectivity index (χ3n) is 4.26. The Bertz CT molecular complexity index is 595. The smallest absolute Gasteiger partial charge is 0.234 e. The molecule has 25 heavy (non-hydrogen) atoms. The summed E-state index contributed by atoms with van der Waals surface area (Å²) in [6.07, 6.45) is 4.18. The van der Waals surface area contributed by atoms with Gasteiger partial charge in [-0.3, -0.25) is 14.7 Å². The number of guanidine groups is 1. The lowest BCUT2D eigenvalue weighted by Gasteiger charge is -2.36. The Morgan fingerprint density at radius 2 is 2.08 bits per heavy atom. The van der Waals surface area contributed by atoms with E-state index in [0.717, 1.165) is 50.0 Å². The molecule has 2 N–H and O–H groups in total. The van der Waals surface area contributed by atoms with Gasteiger partial charge in [-0.2, -0.15) is 0 Å². The minimum absolute atomic E-state index is 0. The van der Waals surface area contributed by atoms with E-state index >= 15 is 0 Å². The van der Waals surface area contributed by atoms with Crippen molar-refractivity contribution in [2.24, 2.45) is 4.99 Å². The lowest BCUT2D eigenvalue weighted by atomic mass is 10.3. The number of halogens is 1. The molecule has 0 atom stereocenters. The predicted molar refractivity (Wildman–Crippen MR) is 112 cm³/mol. The number of hydrogen-bond donors (Lipinski definition) is 2. The first-order chi connectivity index (χ1) is 11.6. The zero-order valence-corrected chi connectivity index (χ0v) is 18.0. The number of aliphatic imine (C=N–C) groups is 1. The molecule has 1 amide bonds. The van der Waals surface area contributed by atoms with Gasteiger partial charge in [0.2, 0.25) is 5.91 Å². The number of amides is 1.